The van der Waals surface area contributed by atoms with Gasteiger partial charge in [0, 0.05) is 67.8 Å². The summed E-state index contributed by atoms with van der Waals surface area (Å²) in [6, 6.07) is 13.3. The van der Waals surface area contributed by atoms with Crippen molar-refractivity contribution in [3.8, 4) is 0 Å². The smallest absolute Gasteiger partial charge is 0.266 e. The number of amides is 1. The number of nitrogens with zero attached hydrogens (tertiary/aromatic N) is 5. The van der Waals surface area contributed by atoms with Gasteiger partial charge in [0.15, 0.2) is 0 Å². The minimum Gasteiger partial charge on any atom is -0.384 e. The van der Waals surface area contributed by atoms with E-state index in [0.29, 0.717) is 42.7 Å². The minimum absolute atomic E-state index is 0.0368. The zero-order chi connectivity index (χ0) is 27.2. The van der Waals surface area contributed by atoms with E-state index in [2.05, 4.69) is 10.1 Å². The molecule has 1 amide bonds. The highest BCUT2D eigenvalue weighted by atomic mass is 35.5. The Bertz CT molecular complexity index is 1370. The molecule has 38 heavy (non-hydrogen) atoms. The molecule has 8 nitrogen and oxygen atoms in total. The van der Waals surface area contributed by atoms with Crippen molar-refractivity contribution in [2.24, 2.45) is 24.8 Å². The lowest BCUT2D eigenvalue weighted by atomic mass is 9.70. The Morgan fingerprint density at radius 2 is 1.71 bits per heavy atom. The zero-order valence-corrected chi connectivity index (χ0v) is 22.3. The second-order valence-corrected chi connectivity index (χ2v) is 11.0. The monoisotopic (exact) mass is 539 g/mol. The predicted molar refractivity (Wildman–Crippen MR) is 142 cm³/mol. The van der Waals surface area contributed by atoms with E-state index in [1.54, 1.807) is 31.3 Å². The maximum Gasteiger partial charge on any atom is 0.266 e. The summed E-state index contributed by atoms with van der Waals surface area (Å²) in [5.41, 5.74) is 0.101. The Morgan fingerprint density at radius 1 is 1.03 bits per heavy atom. The van der Waals surface area contributed by atoms with Gasteiger partial charge in [0.2, 0.25) is 5.91 Å². The molecule has 3 aromatic rings. The molecule has 1 N–H and O–H groups in total. The van der Waals surface area contributed by atoms with Crippen LogP contribution in [0, 0.1) is 23.6 Å². The number of hydrogen-bond acceptors (Lipinski definition) is 6. The second kappa shape index (κ2) is 10.1. The Hall–Kier alpha value is -3.30. The number of aromatic nitrogens is 3. The van der Waals surface area contributed by atoms with E-state index in [4.69, 9.17) is 11.6 Å². The van der Waals surface area contributed by atoms with Crippen LogP contribution in [0.1, 0.15) is 31.0 Å². The molecule has 2 aromatic heterocycles. The van der Waals surface area contributed by atoms with Crippen molar-refractivity contribution in [1.29, 1.82) is 0 Å². The average molecular weight is 540 g/mol. The number of benzene rings is 1. The van der Waals surface area contributed by atoms with Crippen molar-refractivity contribution in [2.45, 2.75) is 25.4 Å². The number of aryl methyl sites for hydroxylation is 1. The van der Waals surface area contributed by atoms with Crippen LogP contribution in [0.4, 0.5) is 10.2 Å². The van der Waals surface area contributed by atoms with Crippen LogP contribution in [0.5, 0.6) is 0 Å². The molecule has 1 aromatic carbocycles. The summed E-state index contributed by atoms with van der Waals surface area (Å²) in [6.45, 7) is 5.53. The lowest BCUT2D eigenvalue weighted by Gasteiger charge is -2.48. The Kier molecular flexibility index (Phi) is 7.00. The quantitative estimate of drug-likeness (QED) is 0.547. The first-order chi connectivity index (χ1) is 18.1. The van der Waals surface area contributed by atoms with Gasteiger partial charge >= 0.3 is 0 Å². The molecular formula is C28H31ClFN5O3. The van der Waals surface area contributed by atoms with Gasteiger partial charge in [0.25, 0.3) is 5.56 Å². The van der Waals surface area contributed by atoms with Gasteiger partial charge in [0.05, 0.1) is 17.7 Å². The molecule has 0 radical (unpaired) electrons. The summed E-state index contributed by atoms with van der Waals surface area (Å²) >= 11 is 6.07. The van der Waals surface area contributed by atoms with E-state index < -0.39 is 17.3 Å². The highest BCUT2D eigenvalue weighted by Crippen LogP contribution is 2.43. The third kappa shape index (κ3) is 4.69. The number of halogens is 2. The number of likely N-dealkylation sites (tertiary alicyclic amines) is 1. The molecule has 0 unspecified atom stereocenters. The molecule has 2 aliphatic heterocycles. The molecule has 4 atom stereocenters. The molecule has 0 bridgehead atoms. The van der Waals surface area contributed by atoms with E-state index in [9.17, 15) is 19.1 Å². The highest BCUT2D eigenvalue weighted by Gasteiger charge is 2.49. The van der Waals surface area contributed by atoms with Crippen LogP contribution in [0.2, 0.25) is 5.02 Å². The van der Waals surface area contributed by atoms with Crippen LogP contribution in [0.25, 0.3) is 0 Å². The SMILES string of the molecule is C[C@H]1CN(C(=O)[C@@H]2CN(c3ccc(=O)n(C)n3)C[C@H]2c2ccc(F)cn2)C[C@H](C)C1(O)c1ccc(Cl)cc1. The zero-order valence-electron chi connectivity index (χ0n) is 21.6. The predicted octanol–water partition coefficient (Wildman–Crippen LogP) is 3.19. The first-order valence-electron chi connectivity index (χ1n) is 12.8. The molecule has 200 valence electrons. The molecule has 2 fully saturated rings. The molecule has 0 spiro atoms. The lowest BCUT2D eigenvalue weighted by molar-refractivity contribution is -0.152. The van der Waals surface area contributed by atoms with Crippen LogP contribution < -0.4 is 10.5 Å². The van der Waals surface area contributed by atoms with E-state index in [0.717, 1.165) is 5.56 Å². The summed E-state index contributed by atoms with van der Waals surface area (Å²) in [6.07, 6.45) is 1.17. The van der Waals surface area contributed by atoms with Crippen molar-refractivity contribution in [3.05, 3.63) is 87.2 Å². The van der Waals surface area contributed by atoms with Gasteiger partial charge in [-0.05, 0) is 35.9 Å². The van der Waals surface area contributed by atoms with Crippen molar-refractivity contribution >= 4 is 23.3 Å². The first-order valence-corrected chi connectivity index (χ1v) is 13.1. The number of carbonyl (C=O) groups is 1. The highest BCUT2D eigenvalue weighted by molar-refractivity contribution is 6.30. The maximum atomic E-state index is 14.1. The fraction of sp³-hybridized carbons (Fsp3) is 0.429. The van der Waals surface area contributed by atoms with Gasteiger partial charge in [-0.25, -0.2) is 9.07 Å². The van der Waals surface area contributed by atoms with Gasteiger partial charge in [0.1, 0.15) is 11.6 Å². The molecule has 4 heterocycles. The standard InChI is InChI=1S/C28H31ClFN5O3/c1-17-13-35(14-18(2)28(17,38)19-4-6-20(29)7-5-19)27(37)23-16-34(25-10-11-26(36)33(3)32-25)15-22(23)24-9-8-21(30)12-31-24/h4-12,17-18,22-23,38H,13-16H2,1-3H3/t17-,18-,22+,23+/m0/s1. The summed E-state index contributed by atoms with van der Waals surface area (Å²) in [5, 5.41) is 16.7. The molecule has 2 saturated heterocycles. The Labute approximate surface area is 225 Å². The van der Waals surface area contributed by atoms with Crippen LogP contribution in [-0.2, 0) is 17.4 Å². The van der Waals surface area contributed by atoms with Crippen LogP contribution >= 0.6 is 11.6 Å². The number of piperidine rings is 1. The minimum atomic E-state index is -1.10. The fourth-order valence-electron chi connectivity index (χ4n) is 6.01. The van der Waals surface area contributed by atoms with Crippen LogP contribution in [0.15, 0.2) is 59.5 Å². The van der Waals surface area contributed by atoms with Crippen molar-refractivity contribution in [3.63, 3.8) is 0 Å². The number of hydrogen-bond donors (Lipinski definition) is 1. The van der Waals surface area contributed by atoms with Crippen LogP contribution in [0.3, 0.4) is 0 Å². The van der Waals surface area contributed by atoms with Crippen molar-refractivity contribution in [1.82, 2.24) is 19.7 Å². The fourth-order valence-corrected chi connectivity index (χ4v) is 6.13. The normalized spacial score (nSPS) is 25.0. The van der Waals surface area contributed by atoms with Gasteiger partial charge in [-0.1, -0.05) is 37.6 Å². The molecule has 0 aliphatic carbocycles. The summed E-state index contributed by atoms with van der Waals surface area (Å²) in [4.78, 5) is 34.0. The maximum absolute atomic E-state index is 14.1. The van der Waals surface area contributed by atoms with Crippen molar-refractivity contribution < 1.29 is 14.3 Å². The number of pyridine rings is 1. The molecule has 2 aliphatic rings. The second-order valence-electron chi connectivity index (χ2n) is 10.6. The van der Waals surface area contributed by atoms with Gasteiger partial charge < -0.3 is 14.9 Å². The topological polar surface area (TPSA) is 91.6 Å². The van der Waals surface area contributed by atoms with E-state index >= 15 is 0 Å². The summed E-state index contributed by atoms with van der Waals surface area (Å²) in [7, 11) is 1.59. The average Bonchev–Trinajstić information content (AvgIpc) is 3.34. The molecule has 5 rings (SSSR count). The summed E-state index contributed by atoms with van der Waals surface area (Å²) in [5.74, 6) is -1.06. The molecule has 10 heteroatoms. The number of anilines is 1. The summed E-state index contributed by atoms with van der Waals surface area (Å²) < 4.78 is 14.9. The molecule has 0 saturated carbocycles. The largest absolute Gasteiger partial charge is 0.384 e. The first kappa shape index (κ1) is 26.3. The number of carbonyl (C=O) groups excluding carboxylic acids is 1. The Balaban J connectivity index is 1.42. The van der Waals surface area contributed by atoms with Gasteiger partial charge in [-0.3, -0.25) is 14.6 Å². The third-order valence-corrected chi connectivity index (χ3v) is 8.40. The van der Waals surface area contributed by atoms with E-state index in [-0.39, 0.29) is 29.2 Å². The number of aliphatic hydroxyl groups is 1. The van der Waals surface area contributed by atoms with E-state index in [1.807, 2.05) is 35.8 Å². The van der Waals surface area contributed by atoms with Crippen LogP contribution in [-0.4, -0.2) is 56.9 Å². The third-order valence-electron chi connectivity index (χ3n) is 8.15. The van der Waals surface area contributed by atoms with Gasteiger partial charge in [-0.2, -0.15) is 5.10 Å². The van der Waals surface area contributed by atoms with Crippen molar-refractivity contribution in [2.75, 3.05) is 31.1 Å². The van der Waals surface area contributed by atoms with E-state index in [1.165, 1.54) is 23.0 Å². The van der Waals surface area contributed by atoms with Gasteiger partial charge in [-0.15, -0.1) is 0 Å². The Morgan fingerprint density at radius 3 is 2.32 bits per heavy atom. The number of rotatable bonds is 4. The lowest BCUT2D eigenvalue weighted by Crippen LogP contribution is -2.57. The molecular weight excluding hydrogens is 509 g/mol.